The van der Waals surface area contributed by atoms with Crippen LogP contribution >= 0.6 is 11.6 Å². The summed E-state index contributed by atoms with van der Waals surface area (Å²) in [4.78, 5) is 3.77. The Labute approximate surface area is 73.6 Å². The molecule has 1 N–H and O–H groups in total. The quantitative estimate of drug-likeness (QED) is 0.744. The summed E-state index contributed by atoms with van der Waals surface area (Å²) >= 11 is 5.52. The molecule has 1 aromatic rings. The second-order valence-electron chi connectivity index (χ2n) is 2.12. The fourth-order valence-corrected chi connectivity index (χ4v) is 0.852. The van der Waals surface area contributed by atoms with Gasteiger partial charge in [0.05, 0.1) is 6.54 Å². The molecule has 0 saturated carbocycles. The van der Waals surface area contributed by atoms with Crippen LogP contribution in [0, 0.1) is 0 Å². The van der Waals surface area contributed by atoms with Gasteiger partial charge in [0.2, 0.25) is 0 Å². The molecule has 1 rings (SSSR count). The number of rotatable bonds is 3. The van der Waals surface area contributed by atoms with E-state index in [2.05, 4.69) is 10.3 Å². The number of aromatic nitrogens is 1. The Bertz CT molecular complexity index is 255. The normalized spacial score (nSPS) is 10.3. The molecule has 1 aromatic heterocycles. The number of pyridine rings is 1. The summed E-state index contributed by atoms with van der Waals surface area (Å²) in [6.07, 6.45) is -2.38. The van der Waals surface area contributed by atoms with Crippen LogP contribution in [-0.4, -0.2) is 18.0 Å². The third kappa shape index (κ3) is 3.00. The highest BCUT2D eigenvalue weighted by Crippen LogP contribution is 2.09. The molecule has 0 fully saturated rings. The van der Waals surface area contributed by atoms with Crippen molar-refractivity contribution in [1.29, 1.82) is 0 Å². The van der Waals surface area contributed by atoms with E-state index in [0.29, 0.717) is 5.82 Å². The van der Waals surface area contributed by atoms with Gasteiger partial charge in [-0.25, -0.2) is 13.8 Å². The molecule has 1 heterocycles. The van der Waals surface area contributed by atoms with Crippen LogP contribution < -0.4 is 5.32 Å². The molecule has 0 atom stereocenters. The Morgan fingerprint density at radius 2 is 2.25 bits per heavy atom. The van der Waals surface area contributed by atoms with Gasteiger partial charge in [0, 0.05) is 0 Å². The maximum absolute atomic E-state index is 11.7. The fourth-order valence-electron chi connectivity index (χ4n) is 0.688. The topological polar surface area (TPSA) is 24.9 Å². The predicted molar refractivity (Wildman–Crippen MR) is 43.7 cm³/mol. The van der Waals surface area contributed by atoms with Gasteiger partial charge in [-0.1, -0.05) is 17.7 Å². The molecule has 0 spiro atoms. The van der Waals surface area contributed by atoms with Crippen LogP contribution in [0.4, 0.5) is 14.6 Å². The number of anilines is 1. The molecule has 0 saturated heterocycles. The molecule has 12 heavy (non-hydrogen) atoms. The van der Waals surface area contributed by atoms with Crippen molar-refractivity contribution in [2.24, 2.45) is 0 Å². The lowest BCUT2D eigenvalue weighted by Crippen LogP contribution is -2.10. The molecule has 0 unspecified atom stereocenters. The number of nitrogens with zero attached hydrogens (tertiary/aromatic N) is 1. The minimum Gasteiger partial charge on any atom is -0.364 e. The van der Waals surface area contributed by atoms with Crippen molar-refractivity contribution in [3.63, 3.8) is 0 Å². The van der Waals surface area contributed by atoms with E-state index in [1.54, 1.807) is 18.2 Å². The lowest BCUT2D eigenvalue weighted by Gasteiger charge is -2.03. The van der Waals surface area contributed by atoms with Crippen molar-refractivity contribution in [3.05, 3.63) is 23.4 Å². The van der Waals surface area contributed by atoms with E-state index in [1.165, 1.54) is 0 Å². The highest BCUT2D eigenvalue weighted by Gasteiger charge is 2.01. The van der Waals surface area contributed by atoms with Crippen LogP contribution in [0.2, 0.25) is 5.15 Å². The van der Waals surface area contributed by atoms with E-state index in [0.717, 1.165) is 0 Å². The van der Waals surface area contributed by atoms with E-state index in [1.807, 2.05) is 0 Å². The smallest absolute Gasteiger partial charge is 0.255 e. The van der Waals surface area contributed by atoms with E-state index < -0.39 is 13.0 Å². The Morgan fingerprint density at radius 3 is 2.83 bits per heavy atom. The average molecular weight is 193 g/mol. The summed E-state index contributed by atoms with van der Waals surface area (Å²) in [5.74, 6) is 0.364. The molecule has 0 aliphatic rings. The van der Waals surface area contributed by atoms with E-state index >= 15 is 0 Å². The molecule has 0 aromatic carbocycles. The Hall–Kier alpha value is -0.900. The first kappa shape index (κ1) is 9.19. The van der Waals surface area contributed by atoms with Crippen molar-refractivity contribution >= 4 is 17.4 Å². The van der Waals surface area contributed by atoms with Crippen molar-refractivity contribution in [3.8, 4) is 0 Å². The first-order valence-corrected chi connectivity index (χ1v) is 3.71. The van der Waals surface area contributed by atoms with Crippen LogP contribution in [-0.2, 0) is 0 Å². The Morgan fingerprint density at radius 1 is 1.50 bits per heavy atom. The van der Waals surface area contributed by atoms with E-state index in [9.17, 15) is 8.78 Å². The van der Waals surface area contributed by atoms with Crippen molar-refractivity contribution in [1.82, 2.24) is 4.98 Å². The summed E-state index contributed by atoms with van der Waals surface area (Å²) in [6.45, 7) is -0.409. The summed E-state index contributed by atoms with van der Waals surface area (Å²) < 4.78 is 23.4. The summed E-state index contributed by atoms with van der Waals surface area (Å²) in [7, 11) is 0. The molecule has 66 valence electrons. The van der Waals surface area contributed by atoms with Gasteiger partial charge in [-0.3, -0.25) is 0 Å². The maximum atomic E-state index is 11.7. The van der Waals surface area contributed by atoms with Gasteiger partial charge in [-0.2, -0.15) is 0 Å². The zero-order chi connectivity index (χ0) is 8.97. The molecule has 0 aliphatic heterocycles. The number of hydrogen-bond acceptors (Lipinski definition) is 2. The summed E-state index contributed by atoms with van der Waals surface area (Å²) in [5, 5.41) is 2.73. The number of halogens is 3. The molecule has 0 amide bonds. The Kier molecular flexibility index (Phi) is 3.22. The largest absolute Gasteiger partial charge is 0.364 e. The summed E-state index contributed by atoms with van der Waals surface area (Å²) in [5.41, 5.74) is 0. The zero-order valence-corrected chi connectivity index (χ0v) is 6.85. The highest BCUT2D eigenvalue weighted by molar-refractivity contribution is 6.29. The molecular formula is C7H7ClF2N2. The second-order valence-corrected chi connectivity index (χ2v) is 2.50. The van der Waals surface area contributed by atoms with E-state index in [-0.39, 0.29) is 5.15 Å². The minimum absolute atomic E-state index is 0.286. The molecular weight excluding hydrogens is 186 g/mol. The standard InChI is InChI=1S/C7H7ClF2N2/c8-5-2-1-3-7(12-5)11-4-6(9)10/h1-3,6H,4H2,(H,11,12). The van der Waals surface area contributed by atoms with Crippen LogP contribution in [0.3, 0.4) is 0 Å². The van der Waals surface area contributed by atoms with Crippen LogP contribution in [0.25, 0.3) is 0 Å². The summed E-state index contributed by atoms with van der Waals surface area (Å²) in [6, 6.07) is 4.80. The van der Waals surface area contributed by atoms with Gasteiger partial charge in [-0.05, 0) is 12.1 Å². The van der Waals surface area contributed by atoms with Gasteiger partial charge in [0.15, 0.2) is 0 Å². The first-order valence-electron chi connectivity index (χ1n) is 3.33. The van der Waals surface area contributed by atoms with Gasteiger partial charge < -0.3 is 5.32 Å². The first-order chi connectivity index (χ1) is 5.68. The number of hydrogen-bond donors (Lipinski definition) is 1. The minimum atomic E-state index is -2.38. The maximum Gasteiger partial charge on any atom is 0.255 e. The second kappa shape index (κ2) is 4.21. The lowest BCUT2D eigenvalue weighted by atomic mass is 10.4. The average Bonchev–Trinajstić information content (AvgIpc) is 2.01. The molecule has 0 bridgehead atoms. The van der Waals surface area contributed by atoms with Gasteiger partial charge >= 0.3 is 0 Å². The monoisotopic (exact) mass is 192 g/mol. The third-order valence-electron chi connectivity index (χ3n) is 1.15. The van der Waals surface area contributed by atoms with Crippen molar-refractivity contribution in [2.45, 2.75) is 6.43 Å². The van der Waals surface area contributed by atoms with Crippen LogP contribution in [0.1, 0.15) is 0 Å². The number of alkyl halides is 2. The molecule has 0 aliphatic carbocycles. The van der Waals surface area contributed by atoms with Crippen LogP contribution in [0.5, 0.6) is 0 Å². The van der Waals surface area contributed by atoms with E-state index in [4.69, 9.17) is 11.6 Å². The van der Waals surface area contributed by atoms with Crippen molar-refractivity contribution < 1.29 is 8.78 Å². The molecule has 5 heteroatoms. The van der Waals surface area contributed by atoms with Gasteiger partial charge in [0.1, 0.15) is 11.0 Å². The zero-order valence-electron chi connectivity index (χ0n) is 6.10. The van der Waals surface area contributed by atoms with Gasteiger partial charge in [-0.15, -0.1) is 0 Å². The Balaban J connectivity index is 2.52. The van der Waals surface area contributed by atoms with Crippen molar-refractivity contribution in [2.75, 3.05) is 11.9 Å². The predicted octanol–water partition coefficient (Wildman–Crippen LogP) is 2.41. The molecule has 0 radical (unpaired) electrons. The SMILES string of the molecule is FC(F)CNc1cccc(Cl)n1. The molecule has 2 nitrogen and oxygen atoms in total. The van der Waals surface area contributed by atoms with Gasteiger partial charge in [0.25, 0.3) is 6.43 Å². The van der Waals surface area contributed by atoms with Crippen LogP contribution in [0.15, 0.2) is 18.2 Å². The fraction of sp³-hybridized carbons (Fsp3) is 0.286. The highest BCUT2D eigenvalue weighted by atomic mass is 35.5. The lowest BCUT2D eigenvalue weighted by molar-refractivity contribution is 0.163. The number of nitrogens with one attached hydrogen (secondary N) is 1. The third-order valence-corrected chi connectivity index (χ3v) is 1.36.